The summed E-state index contributed by atoms with van der Waals surface area (Å²) in [6, 6.07) is 18.1. The molecule has 7 nitrogen and oxygen atoms in total. The van der Waals surface area contributed by atoms with Crippen LogP contribution in [0.3, 0.4) is 0 Å². The molecule has 0 radical (unpaired) electrons. The van der Waals surface area contributed by atoms with Gasteiger partial charge in [0.1, 0.15) is 0 Å². The molecule has 164 valence electrons. The Kier molecular flexibility index (Phi) is 5.86. The second kappa shape index (κ2) is 8.60. The first-order valence-corrected chi connectivity index (χ1v) is 12.2. The lowest BCUT2D eigenvalue weighted by atomic mass is 10.2. The topological polar surface area (TPSA) is 97.3 Å². The number of nitrogens with one attached hydrogen (secondary N) is 2. The Hall–Kier alpha value is -3.43. The molecule has 1 amide bonds. The molecule has 0 unspecified atom stereocenters. The van der Waals surface area contributed by atoms with Crippen LogP contribution in [0.2, 0.25) is 0 Å². The van der Waals surface area contributed by atoms with Crippen LogP contribution in [0, 0.1) is 6.92 Å². The van der Waals surface area contributed by atoms with Crippen LogP contribution in [0.25, 0.3) is 10.2 Å². The van der Waals surface area contributed by atoms with E-state index in [-0.39, 0.29) is 21.4 Å². The SMILES string of the molecule is CCn1c(=O)sc2cc(NC(=O)c3cccc(NS(=O)(=O)c4ccc(C)cc4)c3)ccc21. The van der Waals surface area contributed by atoms with Crippen LogP contribution in [-0.4, -0.2) is 18.9 Å². The Morgan fingerprint density at radius 2 is 1.75 bits per heavy atom. The van der Waals surface area contributed by atoms with Gasteiger partial charge in [-0.3, -0.25) is 18.9 Å². The standard InChI is InChI=1S/C23H21N3O4S2/c1-3-26-20-12-9-17(14-21(20)31-23(26)28)24-22(27)16-5-4-6-18(13-16)25-32(29,30)19-10-7-15(2)8-11-19/h4-14,25H,3H2,1-2H3,(H,24,27). The van der Waals surface area contributed by atoms with Crippen molar-refractivity contribution in [2.24, 2.45) is 0 Å². The molecule has 4 aromatic rings. The van der Waals surface area contributed by atoms with Crippen LogP contribution >= 0.6 is 11.3 Å². The number of anilines is 2. The fraction of sp³-hybridized carbons (Fsp3) is 0.130. The third kappa shape index (κ3) is 4.44. The zero-order chi connectivity index (χ0) is 22.9. The van der Waals surface area contributed by atoms with Crippen molar-refractivity contribution in [2.75, 3.05) is 10.0 Å². The maximum Gasteiger partial charge on any atom is 0.308 e. The van der Waals surface area contributed by atoms with Gasteiger partial charge in [-0.15, -0.1) is 0 Å². The number of thiazole rings is 1. The highest BCUT2D eigenvalue weighted by atomic mass is 32.2. The molecule has 0 bridgehead atoms. The molecule has 1 aromatic heterocycles. The number of carbonyl (C=O) groups is 1. The first-order valence-electron chi connectivity index (χ1n) is 9.91. The molecule has 2 N–H and O–H groups in total. The maximum atomic E-state index is 12.8. The van der Waals surface area contributed by atoms with E-state index < -0.39 is 10.0 Å². The van der Waals surface area contributed by atoms with E-state index in [9.17, 15) is 18.0 Å². The summed E-state index contributed by atoms with van der Waals surface area (Å²) in [7, 11) is -3.77. The Balaban J connectivity index is 1.54. The number of hydrogen-bond acceptors (Lipinski definition) is 5. The van der Waals surface area contributed by atoms with Gasteiger partial charge in [0, 0.05) is 23.5 Å². The van der Waals surface area contributed by atoms with Crippen molar-refractivity contribution >= 4 is 48.9 Å². The summed E-state index contributed by atoms with van der Waals surface area (Å²) in [6.45, 7) is 4.36. The van der Waals surface area contributed by atoms with E-state index >= 15 is 0 Å². The molecule has 4 rings (SSSR count). The van der Waals surface area contributed by atoms with Gasteiger partial charge in [-0.25, -0.2) is 8.42 Å². The second-order valence-electron chi connectivity index (χ2n) is 7.25. The molecular formula is C23H21N3O4S2. The van der Waals surface area contributed by atoms with E-state index in [4.69, 9.17) is 0 Å². The van der Waals surface area contributed by atoms with Gasteiger partial charge in [-0.1, -0.05) is 35.1 Å². The molecule has 0 saturated carbocycles. The predicted octanol–water partition coefficient (Wildman–Crippen LogP) is 4.44. The van der Waals surface area contributed by atoms with Gasteiger partial charge >= 0.3 is 4.87 Å². The highest BCUT2D eigenvalue weighted by Gasteiger charge is 2.15. The summed E-state index contributed by atoms with van der Waals surface area (Å²) in [5.74, 6) is -0.386. The van der Waals surface area contributed by atoms with Crippen LogP contribution in [-0.2, 0) is 16.6 Å². The zero-order valence-corrected chi connectivity index (χ0v) is 19.1. The summed E-state index contributed by atoms with van der Waals surface area (Å²) in [5.41, 5.74) is 2.92. The first kappa shape index (κ1) is 21.8. The van der Waals surface area contributed by atoms with Crippen molar-refractivity contribution in [1.29, 1.82) is 0 Å². The van der Waals surface area contributed by atoms with Crippen LogP contribution < -0.4 is 14.9 Å². The molecular weight excluding hydrogens is 446 g/mol. The normalized spacial score (nSPS) is 11.4. The van der Waals surface area contributed by atoms with Crippen molar-refractivity contribution in [3.05, 3.63) is 87.5 Å². The Morgan fingerprint density at radius 1 is 1.00 bits per heavy atom. The van der Waals surface area contributed by atoms with E-state index in [1.54, 1.807) is 53.1 Å². The molecule has 0 aliphatic carbocycles. The average Bonchev–Trinajstić information content (AvgIpc) is 3.08. The highest BCUT2D eigenvalue weighted by molar-refractivity contribution is 7.92. The monoisotopic (exact) mass is 467 g/mol. The Bertz CT molecular complexity index is 1470. The van der Waals surface area contributed by atoms with Crippen LogP contribution in [0.1, 0.15) is 22.8 Å². The fourth-order valence-electron chi connectivity index (χ4n) is 3.30. The number of nitrogens with zero attached hydrogens (tertiary/aromatic N) is 1. The highest BCUT2D eigenvalue weighted by Crippen LogP contribution is 2.23. The first-order chi connectivity index (χ1) is 15.3. The Morgan fingerprint density at radius 3 is 2.47 bits per heavy atom. The lowest BCUT2D eigenvalue weighted by Crippen LogP contribution is -2.15. The molecule has 0 fully saturated rings. The quantitative estimate of drug-likeness (QED) is 0.438. The minimum Gasteiger partial charge on any atom is -0.322 e. The third-order valence-corrected chi connectivity index (χ3v) is 7.29. The predicted molar refractivity (Wildman–Crippen MR) is 128 cm³/mol. The zero-order valence-electron chi connectivity index (χ0n) is 17.5. The smallest absolute Gasteiger partial charge is 0.308 e. The van der Waals surface area contributed by atoms with E-state index in [2.05, 4.69) is 10.0 Å². The van der Waals surface area contributed by atoms with Crippen LogP contribution in [0.5, 0.6) is 0 Å². The lowest BCUT2D eigenvalue weighted by molar-refractivity contribution is 0.102. The summed E-state index contributed by atoms with van der Waals surface area (Å²) in [5, 5.41) is 2.80. The van der Waals surface area contributed by atoms with Gasteiger partial charge in [-0.05, 0) is 62.4 Å². The fourth-order valence-corrected chi connectivity index (χ4v) is 5.35. The van der Waals surface area contributed by atoms with Crippen molar-refractivity contribution in [3.8, 4) is 0 Å². The van der Waals surface area contributed by atoms with E-state index in [0.717, 1.165) is 27.1 Å². The van der Waals surface area contributed by atoms with Gasteiger partial charge < -0.3 is 5.32 Å². The van der Waals surface area contributed by atoms with E-state index in [1.807, 2.05) is 13.8 Å². The molecule has 1 heterocycles. The molecule has 3 aromatic carbocycles. The summed E-state index contributed by atoms with van der Waals surface area (Å²) in [4.78, 5) is 24.9. The van der Waals surface area contributed by atoms with E-state index in [1.165, 1.54) is 18.2 Å². The number of amides is 1. The summed E-state index contributed by atoms with van der Waals surface area (Å²) < 4.78 is 30.2. The number of benzene rings is 3. The van der Waals surface area contributed by atoms with Gasteiger partial charge in [0.2, 0.25) is 0 Å². The van der Waals surface area contributed by atoms with E-state index in [0.29, 0.717) is 17.8 Å². The van der Waals surface area contributed by atoms with Crippen molar-refractivity contribution in [1.82, 2.24) is 4.57 Å². The lowest BCUT2D eigenvalue weighted by Gasteiger charge is -2.10. The maximum absolute atomic E-state index is 12.8. The number of carbonyl (C=O) groups excluding carboxylic acids is 1. The minimum absolute atomic E-state index is 0.0421. The van der Waals surface area contributed by atoms with Gasteiger partial charge in [0.05, 0.1) is 15.1 Å². The number of sulfonamides is 1. The number of rotatable bonds is 6. The molecule has 0 atom stereocenters. The number of aromatic nitrogens is 1. The van der Waals surface area contributed by atoms with Crippen molar-refractivity contribution < 1.29 is 13.2 Å². The van der Waals surface area contributed by atoms with Gasteiger partial charge in [-0.2, -0.15) is 0 Å². The molecule has 0 saturated heterocycles. The number of aryl methyl sites for hydroxylation is 2. The van der Waals surface area contributed by atoms with Crippen molar-refractivity contribution in [3.63, 3.8) is 0 Å². The molecule has 0 aliphatic heterocycles. The number of hydrogen-bond donors (Lipinski definition) is 2. The van der Waals surface area contributed by atoms with Gasteiger partial charge in [0.15, 0.2) is 0 Å². The summed E-state index contributed by atoms with van der Waals surface area (Å²) in [6.07, 6.45) is 0. The number of fused-ring (bicyclic) bond motifs is 1. The van der Waals surface area contributed by atoms with Crippen LogP contribution in [0.4, 0.5) is 11.4 Å². The molecule has 9 heteroatoms. The Labute approximate surface area is 189 Å². The van der Waals surface area contributed by atoms with Crippen LogP contribution in [0.15, 0.2) is 76.4 Å². The van der Waals surface area contributed by atoms with Gasteiger partial charge in [0.25, 0.3) is 15.9 Å². The molecule has 32 heavy (non-hydrogen) atoms. The summed E-state index contributed by atoms with van der Waals surface area (Å²) >= 11 is 1.13. The molecule has 0 aliphatic rings. The van der Waals surface area contributed by atoms with Crippen molar-refractivity contribution in [2.45, 2.75) is 25.3 Å². The average molecular weight is 468 g/mol. The minimum atomic E-state index is -3.77. The largest absolute Gasteiger partial charge is 0.322 e. The second-order valence-corrected chi connectivity index (χ2v) is 9.92. The molecule has 0 spiro atoms. The third-order valence-electron chi connectivity index (χ3n) is 4.95.